The fourth-order valence-corrected chi connectivity index (χ4v) is 2.97. The van der Waals surface area contributed by atoms with E-state index in [1.807, 2.05) is 14.1 Å². The van der Waals surface area contributed by atoms with E-state index in [-0.39, 0.29) is 0 Å². The van der Waals surface area contributed by atoms with Gasteiger partial charge in [-0.05, 0) is 35.7 Å². The molecule has 0 radical (unpaired) electrons. The van der Waals surface area contributed by atoms with E-state index < -0.39 is 0 Å². The molecule has 0 saturated heterocycles. The van der Waals surface area contributed by atoms with E-state index in [9.17, 15) is 0 Å². The van der Waals surface area contributed by atoms with Gasteiger partial charge in [-0.15, -0.1) is 0 Å². The Morgan fingerprint density at radius 1 is 1.04 bits per heavy atom. The van der Waals surface area contributed by atoms with E-state index in [1.54, 1.807) is 7.05 Å². The van der Waals surface area contributed by atoms with Gasteiger partial charge in [-0.25, -0.2) is 0 Å². The average Bonchev–Trinajstić information content (AvgIpc) is 3.08. The highest BCUT2D eigenvalue weighted by molar-refractivity contribution is 5.83. The summed E-state index contributed by atoms with van der Waals surface area (Å²) >= 11 is 0. The summed E-state index contributed by atoms with van der Waals surface area (Å²) in [6.07, 6.45) is 3.04. The van der Waals surface area contributed by atoms with Gasteiger partial charge in [0.1, 0.15) is 0 Å². The zero-order valence-corrected chi connectivity index (χ0v) is 15.7. The number of H-pyrrole nitrogens is 1. The summed E-state index contributed by atoms with van der Waals surface area (Å²) in [6, 6.07) is 16.9. The smallest absolute Gasteiger partial charge is 0.191 e. The summed E-state index contributed by atoms with van der Waals surface area (Å²) in [4.78, 5) is 9.73. The maximum Gasteiger partial charge on any atom is 0.191 e. The van der Waals surface area contributed by atoms with Crippen molar-refractivity contribution in [3.05, 3.63) is 65.9 Å². The van der Waals surface area contributed by atoms with Gasteiger partial charge in [0.2, 0.25) is 0 Å². The molecular weight excluding hydrogens is 322 g/mol. The van der Waals surface area contributed by atoms with Crippen LogP contribution in [0.1, 0.15) is 11.1 Å². The molecule has 0 saturated carbocycles. The van der Waals surface area contributed by atoms with Crippen molar-refractivity contribution in [1.29, 1.82) is 0 Å². The van der Waals surface area contributed by atoms with Gasteiger partial charge in [-0.2, -0.15) is 0 Å². The van der Waals surface area contributed by atoms with Crippen molar-refractivity contribution >= 4 is 22.5 Å². The highest BCUT2D eigenvalue weighted by atomic mass is 15.2. The van der Waals surface area contributed by atoms with Crippen molar-refractivity contribution in [2.75, 3.05) is 32.6 Å². The molecule has 0 bridgehead atoms. The minimum Gasteiger partial charge on any atom is -0.378 e. The molecule has 1 aromatic heterocycles. The number of hydrogen-bond acceptors (Lipinski definition) is 2. The zero-order chi connectivity index (χ0) is 18.4. The number of aromatic nitrogens is 1. The average molecular weight is 349 g/mol. The number of fused-ring (bicyclic) bond motifs is 1. The van der Waals surface area contributed by atoms with Crippen LogP contribution < -0.4 is 15.5 Å². The summed E-state index contributed by atoms with van der Waals surface area (Å²) in [7, 11) is 5.90. The summed E-state index contributed by atoms with van der Waals surface area (Å²) in [6.45, 7) is 1.58. The molecule has 136 valence electrons. The number of para-hydroxylation sites is 1. The molecule has 0 fully saturated rings. The molecule has 3 N–H and O–H groups in total. The van der Waals surface area contributed by atoms with Gasteiger partial charge < -0.3 is 20.5 Å². The predicted molar refractivity (Wildman–Crippen MR) is 111 cm³/mol. The second-order valence-electron chi connectivity index (χ2n) is 6.52. The van der Waals surface area contributed by atoms with E-state index in [0.29, 0.717) is 0 Å². The van der Waals surface area contributed by atoms with E-state index in [4.69, 9.17) is 0 Å². The van der Waals surface area contributed by atoms with Crippen LogP contribution in [0.4, 0.5) is 5.69 Å². The molecule has 0 amide bonds. The molecule has 0 aliphatic heterocycles. The van der Waals surface area contributed by atoms with Crippen molar-refractivity contribution < 1.29 is 0 Å². The molecule has 0 atom stereocenters. The SMILES string of the molecule is CN=C(NCCc1c[nH]c2ccccc12)NCc1ccc(N(C)C)cc1. The number of aromatic amines is 1. The van der Waals surface area contributed by atoms with Crippen LogP contribution in [-0.2, 0) is 13.0 Å². The normalized spacial score (nSPS) is 11.6. The number of hydrogen-bond donors (Lipinski definition) is 3. The first-order valence-electron chi connectivity index (χ1n) is 8.93. The van der Waals surface area contributed by atoms with Gasteiger partial charge in [0.05, 0.1) is 0 Å². The van der Waals surface area contributed by atoms with E-state index in [0.717, 1.165) is 25.5 Å². The minimum atomic E-state index is 0.750. The third kappa shape index (κ3) is 4.36. The molecule has 0 unspecified atom stereocenters. The maximum absolute atomic E-state index is 4.31. The number of guanidine groups is 1. The molecule has 26 heavy (non-hydrogen) atoms. The van der Waals surface area contributed by atoms with Crippen LogP contribution in [0.15, 0.2) is 59.7 Å². The quantitative estimate of drug-likeness (QED) is 0.473. The zero-order valence-electron chi connectivity index (χ0n) is 15.7. The largest absolute Gasteiger partial charge is 0.378 e. The van der Waals surface area contributed by atoms with Crippen molar-refractivity contribution in [3.63, 3.8) is 0 Å². The Morgan fingerprint density at radius 2 is 1.81 bits per heavy atom. The Hall–Kier alpha value is -2.95. The Kier molecular flexibility index (Phi) is 5.79. The highest BCUT2D eigenvalue weighted by Crippen LogP contribution is 2.17. The molecule has 5 nitrogen and oxygen atoms in total. The fourth-order valence-electron chi connectivity index (χ4n) is 2.97. The maximum atomic E-state index is 4.31. The summed E-state index contributed by atoms with van der Waals surface area (Å²) in [5.41, 5.74) is 4.94. The number of nitrogens with one attached hydrogen (secondary N) is 3. The van der Waals surface area contributed by atoms with Crippen molar-refractivity contribution in [2.45, 2.75) is 13.0 Å². The highest BCUT2D eigenvalue weighted by Gasteiger charge is 2.04. The predicted octanol–water partition coefficient (Wildman–Crippen LogP) is 3.14. The van der Waals surface area contributed by atoms with E-state index in [2.05, 4.69) is 80.2 Å². The van der Waals surface area contributed by atoms with Gasteiger partial charge in [0.25, 0.3) is 0 Å². The third-order valence-electron chi connectivity index (χ3n) is 4.50. The first kappa shape index (κ1) is 17.9. The molecule has 0 aliphatic carbocycles. The number of anilines is 1. The molecule has 3 aromatic rings. The van der Waals surface area contributed by atoms with Crippen LogP contribution in [0.3, 0.4) is 0 Å². The molecule has 5 heteroatoms. The fraction of sp³-hybridized carbons (Fsp3) is 0.286. The lowest BCUT2D eigenvalue weighted by molar-refractivity contribution is 0.796. The Morgan fingerprint density at radius 3 is 2.54 bits per heavy atom. The summed E-state index contributed by atoms with van der Waals surface area (Å²) in [5, 5.41) is 8.05. The standard InChI is InChI=1S/C21H27N5/c1-22-21(25-14-16-8-10-18(11-9-16)26(2)3)23-13-12-17-15-24-20-7-5-4-6-19(17)20/h4-11,15,24H,12-14H2,1-3H3,(H2,22,23,25). The second kappa shape index (κ2) is 8.43. The minimum absolute atomic E-state index is 0.750. The van der Waals surface area contributed by atoms with Crippen LogP contribution in [0, 0.1) is 0 Å². The molecule has 0 spiro atoms. The molecule has 1 heterocycles. The lowest BCUT2D eigenvalue weighted by Crippen LogP contribution is -2.37. The first-order valence-corrected chi connectivity index (χ1v) is 8.93. The number of rotatable bonds is 6. The van der Waals surface area contributed by atoms with Crippen LogP contribution in [0.2, 0.25) is 0 Å². The molecule has 2 aromatic carbocycles. The van der Waals surface area contributed by atoms with Gasteiger partial charge in [-0.3, -0.25) is 4.99 Å². The van der Waals surface area contributed by atoms with Gasteiger partial charge in [0.15, 0.2) is 5.96 Å². The number of aliphatic imine (C=N–C) groups is 1. The second-order valence-corrected chi connectivity index (χ2v) is 6.52. The van der Waals surface area contributed by atoms with Gasteiger partial charge in [-0.1, -0.05) is 30.3 Å². The van der Waals surface area contributed by atoms with Crippen LogP contribution in [-0.4, -0.2) is 38.6 Å². The first-order chi connectivity index (χ1) is 12.7. The summed E-state index contributed by atoms with van der Waals surface area (Å²) in [5.74, 6) is 0.821. The Balaban J connectivity index is 1.49. The lowest BCUT2D eigenvalue weighted by atomic mass is 10.1. The van der Waals surface area contributed by atoms with Crippen molar-refractivity contribution in [2.24, 2.45) is 4.99 Å². The Labute approximate surface area is 155 Å². The van der Waals surface area contributed by atoms with Crippen LogP contribution in [0.5, 0.6) is 0 Å². The third-order valence-corrected chi connectivity index (χ3v) is 4.50. The molecule has 3 rings (SSSR count). The monoisotopic (exact) mass is 349 g/mol. The topological polar surface area (TPSA) is 55.5 Å². The van der Waals surface area contributed by atoms with E-state index >= 15 is 0 Å². The molecule has 0 aliphatic rings. The van der Waals surface area contributed by atoms with Gasteiger partial charge in [0, 0.05) is 57.0 Å². The lowest BCUT2D eigenvalue weighted by Gasteiger charge is -2.14. The van der Waals surface area contributed by atoms with Gasteiger partial charge >= 0.3 is 0 Å². The molecular formula is C21H27N5. The van der Waals surface area contributed by atoms with Crippen LogP contribution >= 0.6 is 0 Å². The van der Waals surface area contributed by atoms with Crippen molar-refractivity contribution in [3.8, 4) is 0 Å². The summed E-state index contributed by atoms with van der Waals surface area (Å²) < 4.78 is 0. The van der Waals surface area contributed by atoms with E-state index in [1.165, 1.54) is 27.7 Å². The van der Waals surface area contributed by atoms with Crippen LogP contribution in [0.25, 0.3) is 10.9 Å². The number of nitrogens with zero attached hydrogens (tertiary/aromatic N) is 2. The van der Waals surface area contributed by atoms with Crippen molar-refractivity contribution in [1.82, 2.24) is 15.6 Å². The Bertz CT molecular complexity index is 861. The number of benzene rings is 2.